The average Bonchev–Trinajstić information content (AvgIpc) is 2.90. The van der Waals surface area contributed by atoms with E-state index in [4.69, 9.17) is 21.1 Å². The summed E-state index contributed by atoms with van der Waals surface area (Å²) in [6.07, 6.45) is 1.58. The van der Waals surface area contributed by atoms with Crippen LogP contribution in [0.1, 0.15) is 24.8 Å². The summed E-state index contributed by atoms with van der Waals surface area (Å²) in [6, 6.07) is 11.0. The second-order valence-corrected chi connectivity index (χ2v) is 7.83. The van der Waals surface area contributed by atoms with Crippen LogP contribution >= 0.6 is 11.6 Å². The number of aryl methyl sites for hydroxylation is 1. The molecule has 1 atom stereocenters. The maximum Gasteiger partial charge on any atom is 0.260 e. The second-order valence-electron chi connectivity index (χ2n) is 7.42. The molecule has 1 N–H and O–H groups in total. The Morgan fingerprint density at radius 3 is 2.69 bits per heavy atom. The van der Waals surface area contributed by atoms with Crippen LogP contribution in [-0.4, -0.2) is 47.8 Å². The van der Waals surface area contributed by atoms with Crippen molar-refractivity contribution in [3.63, 3.8) is 0 Å². The summed E-state index contributed by atoms with van der Waals surface area (Å²) < 4.78 is 24.2. The number of hydrogen-bond donors (Lipinski definition) is 1. The fourth-order valence-corrected chi connectivity index (χ4v) is 3.45. The molecule has 0 spiro atoms. The number of rotatable bonds is 6. The molecule has 1 aliphatic heterocycles. The summed E-state index contributed by atoms with van der Waals surface area (Å²) in [5.41, 5.74) is -0.00454. The molecule has 1 unspecified atom stereocenters. The molecule has 156 valence electrons. The molecule has 1 heterocycles. The second kappa shape index (κ2) is 9.46. The summed E-state index contributed by atoms with van der Waals surface area (Å²) in [6.45, 7) is 2.89. The van der Waals surface area contributed by atoms with Gasteiger partial charge < -0.3 is 19.5 Å². The molecule has 3 rings (SSSR count). The summed E-state index contributed by atoms with van der Waals surface area (Å²) >= 11 is 6.16. The molecule has 0 aliphatic carbocycles. The maximum atomic E-state index is 12.9. The summed E-state index contributed by atoms with van der Waals surface area (Å²) in [5.74, 6) is 0.463. The Balaban J connectivity index is 1.51. The number of halogens is 2. The average molecular weight is 422 g/mol. The zero-order valence-electron chi connectivity index (χ0n) is 16.4. The molecule has 0 saturated carbocycles. The standard InChI is InChI=1S/C22H25ClFNO4/c1-16-3-8-19(23)20(13-16)29-15-22(27)9-2-11-25(12-10-22)21(26)14-28-18-6-4-17(24)5-7-18/h3-8,13,27H,2,9-12,14-15H2,1H3. The summed E-state index contributed by atoms with van der Waals surface area (Å²) in [5, 5.41) is 11.4. The SMILES string of the molecule is Cc1ccc(Cl)c(OCC2(O)CCCN(C(=O)COc3ccc(F)cc3)CC2)c1. The monoisotopic (exact) mass is 421 g/mol. The van der Waals surface area contributed by atoms with E-state index >= 15 is 0 Å². The Morgan fingerprint density at radius 1 is 1.17 bits per heavy atom. The van der Waals surface area contributed by atoms with Crippen molar-refractivity contribution in [2.75, 3.05) is 26.3 Å². The van der Waals surface area contributed by atoms with Crippen LogP contribution in [0.4, 0.5) is 4.39 Å². The van der Waals surface area contributed by atoms with Crippen molar-refractivity contribution < 1.29 is 23.8 Å². The summed E-state index contributed by atoms with van der Waals surface area (Å²) in [4.78, 5) is 14.1. The highest BCUT2D eigenvalue weighted by atomic mass is 35.5. The van der Waals surface area contributed by atoms with E-state index in [9.17, 15) is 14.3 Å². The van der Waals surface area contributed by atoms with Gasteiger partial charge in [0.05, 0.1) is 5.02 Å². The lowest BCUT2D eigenvalue weighted by atomic mass is 9.96. The quantitative estimate of drug-likeness (QED) is 0.766. The van der Waals surface area contributed by atoms with Gasteiger partial charge in [-0.3, -0.25) is 4.79 Å². The highest BCUT2D eigenvalue weighted by molar-refractivity contribution is 6.32. The molecule has 7 heteroatoms. The van der Waals surface area contributed by atoms with Crippen LogP contribution in [-0.2, 0) is 4.79 Å². The minimum absolute atomic E-state index is 0.115. The lowest BCUT2D eigenvalue weighted by molar-refractivity contribution is -0.133. The third kappa shape index (κ3) is 6.08. The molecule has 1 fully saturated rings. The number of aliphatic hydroxyl groups is 1. The molecule has 0 aromatic heterocycles. The van der Waals surface area contributed by atoms with Crippen molar-refractivity contribution in [2.45, 2.75) is 31.8 Å². The van der Waals surface area contributed by atoms with Crippen molar-refractivity contribution in [1.29, 1.82) is 0 Å². The number of hydrogen-bond acceptors (Lipinski definition) is 4. The lowest BCUT2D eigenvalue weighted by Gasteiger charge is -2.27. The topological polar surface area (TPSA) is 59.0 Å². The van der Waals surface area contributed by atoms with E-state index in [2.05, 4.69) is 0 Å². The Morgan fingerprint density at radius 2 is 1.93 bits per heavy atom. The molecule has 2 aromatic carbocycles. The maximum absolute atomic E-state index is 12.9. The van der Waals surface area contributed by atoms with Gasteiger partial charge >= 0.3 is 0 Å². The van der Waals surface area contributed by atoms with Gasteiger partial charge in [0.1, 0.15) is 29.5 Å². The molecular weight excluding hydrogens is 397 g/mol. The van der Waals surface area contributed by atoms with Crippen LogP contribution in [0.5, 0.6) is 11.5 Å². The van der Waals surface area contributed by atoms with Crippen LogP contribution in [0.3, 0.4) is 0 Å². The van der Waals surface area contributed by atoms with Crippen LogP contribution < -0.4 is 9.47 Å². The molecule has 2 aromatic rings. The Labute approximate surface area is 175 Å². The van der Waals surface area contributed by atoms with Crippen molar-refractivity contribution in [3.05, 3.63) is 58.9 Å². The first-order valence-electron chi connectivity index (χ1n) is 9.62. The van der Waals surface area contributed by atoms with Crippen LogP contribution in [0, 0.1) is 12.7 Å². The number of nitrogens with zero attached hydrogens (tertiary/aromatic N) is 1. The first-order valence-corrected chi connectivity index (χ1v) is 10.00. The normalized spacial score (nSPS) is 19.5. The van der Waals surface area contributed by atoms with Crippen molar-refractivity contribution in [2.24, 2.45) is 0 Å². The molecule has 1 saturated heterocycles. The number of carbonyl (C=O) groups excluding carboxylic acids is 1. The first-order chi connectivity index (χ1) is 13.8. The molecule has 5 nitrogen and oxygen atoms in total. The Kier molecular flexibility index (Phi) is 6.98. The zero-order valence-corrected chi connectivity index (χ0v) is 17.1. The largest absolute Gasteiger partial charge is 0.489 e. The van der Waals surface area contributed by atoms with E-state index < -0.39 is 5.60 Å². The number of amides is 1. The zero-order chi connectivity index (χ0) is 20.9. The molecule has 29 heavy (non-hydrogen) atoms. The molecule has 0 radical (unpaired) electrons. The van der Waals surface area contributed by atoms with Gasteiger partial charge in [0.25, 0.3) is 5.91 Å². The van der Waals surface area contributed by atoms with E-state index in [0.29, 0.717) is 48.9 Å². The highest BCUT2D eigenvalue weighted by Crippen LogP contribution is 2.29. The van der Waals surface area contributed by atoms with E-state index in [-0.39, 0.29) is 24.9 Å². The number of benzene rings is 2. The van der Waals surface area contributed by atoms with Crippen molar-refractivity contribution in [1.82, 2.24) is 4.90 Å². The van der Waals surface area contributed by atoms with Gasteiger partial charge in [0.2, 0.25) is 0 Å². The predicted octanol–water partition coefficient (Wildman–Crippen LogP) is 3.99. The molecular formula is C22H25ClFNO4. The fraction of sp³-hybridized carbons (Fsp3) is 0.409. The van der Waals surface area contributed by atoms with E-state index in [1.165, 1.54) is 24.3 Å². The van der Waals surface area contributed by atoms with Gasteiger partial charge in [-0.05, 0) is 68.1 Å². The van der Waals surface area contributed by atoms with E-state index in [0.717, 1.165) is 5.56 Å². The number of ether oxygens (including phenoxy) is 2. The minimum Gasteiger partial charge on any atom is -0.489 e. The fourth-order valence-electron chi connectivity index (χ4n) is 3.27. The van der Waals surface area contributed by atoms with Crippen LogP contribution in [0.2, 0.25) is 5.02 Å². The van der Waals surface area contributed by atoms with Crippen molar-refractivity contribution >= 4 is 17.5 Å². The molecule has 0 bridgehead atoms. The predicted molar refractivity (Wildman–Crippen MR) is 109 cm³/mol. The minimum atomic E-state index is -1.03. The van der Waals surface area contributed by atoms with Gasteiger partial charge in [0.15, 0.2) is 6.61 Å². The van der Waals surface area contributed by atoms with Gasteiger partial charge in [-0.1, -0.05) is 17.7 Å². The number of carbonyl (C=O) groups is 1. The number of likely N-dealkylation sites (tertiary alicyclic amines) is 1. The molecule has 1 aliphatic rings. The Bertz CT molecular complexity index is 845. The van der Waals surface area contributed by atoms with E-state index in [1.54, 1.807) is 11.0 Å². The lowest BCUT2D eigenvalue weighted by Crippen LogP contribution is -2.39. The summed E-state index contributed by atoms with van der Waals surface area (Å²) in [7, 11) is 0. The third-order valence-corrected chi connectivity index (χ3v) is 5.34. The van der Waals surface area contributed by atoms with Crippen LogP contribution in [0.25, 0.3) is 0 Å². The first kappa shape index (κ1) is 21.4. The van der Waals surface area contributed by atoms with Gasteiger partial charge in [-0.25, -0.2) is 4.39 Å². The van der Waals surface area contributed by atoms with Gasteiger partial charge in [-0.15, -0.1) is 0 Å². The smallest absolute Gasteiger partial charge is 0.260 e. The van der Waals surface area contributed by atoms with Crippen molar-refractivity contribution in [3.8, 4) is 11.5 Å². The van der Waals surface area contributed by atoms with Gasteiger partial charge in [0, 0.05) is 13.1 Å². The molecule has 1 amide bonds. The van der Waals surface area contributed by atoms with Gasteiger partial charge in [-0.2, -0.15) is 0 Å². The van der Waals surface area contributed by atoms with Crippen LogP contribution in [0.15, 0.2) is 42.5 Å². The van der Waals surface area contributed by atoms with E-state index in [1.807, 2.05) is 19.1 Å². The Hall–Kier alpha value is -2.31. The highest BCUT2D eigenvalue weighted by Gasteiger charge is 2.32. The third-order valence-electron chi connectivity index (χ3n) is 5.03.